The molecule has 94 valence electrons. The third-order valence-corrected chi connectivity index (χ3v) is 2.74. The number of aromatic nitrogens is 1. The molecule has 0 aliphatic carbocycles. The van der Waals surface area contributed by atoms with E-state index >= 15 is 0 Å². The average Bonchev–Trinajstić information content (AvgIpc) is 2.40. The Hall–Kier alpha value is -2.03. The first kappa shape index (κ1) is 12.4. The molecule has 18 heavy (non-hydrogen) atoms. The zero-order valence-corrected chi connectivity index (χ0v) is 10.9. The van der Waals surface area contributed by atoms with Gasteiger partial charge in [-0.15, -0.1) is 0 Å². The fraction of sp³-hybridized carbons (Fsp3) is 0.267. The van der Waals surface area contributed by atoms with Crippen LogP contribution in [0.3, 0.4) is 0 Å². The first-order valence-electron chi connectivity index (χ1n) is 6.36. The largest absolute Gasteiger partial charge is 0.384 e. The summed E-state index contributed by atoms with van der Waals surface area (Å²) >= 11 is 0. The van der Waals surface area contributed by atoms with Gasteiger partial charge in [0.2, 0.25) is 0 Å². The molecular formula is C15H19N3. The molecular weight excluding hydrogens is 222 g/mol. The van der Waals surface area contributed by atoms with Gasteiger partial charge >= 0.3 is 0 Å². The Bertz CT molecular complexity index is 509. The molecule has 0 atom stereocenters. The molecule has 0 aliphatic heterocycles. The van der Waals surface area contributed by atoms with Crippen molar-refractivity contribution < 1.29 is 0 Å². The Balaban J connectivity index is 2.14. The van der Waals surface area contributed by atoms with Crippen LogP contribution >= 0.6 is 0 Å². The van der Waals surface area contributed by atoms with Crippen LogP contribution in [0.15, 0.2) is 42.7 Å². The number of anilines is 3. The summed E-state index contributed by atoms with van der Waals surface area (Å²) in [6.07, 6.45) is 4.71. The van der Waals surface area contributed by atoms with Crippen LogP contribution in [-0.2, 0) is 6.42 Å². The van der Waals surface area contributed by atoms with Crippen molar-refractivity contribution in [3.8, 4) is 0 Å². The number of pyridine rings is 1. The molecule has 2 N–H and O–H groups in total. The van der Waals surface area contributed by atoms with E-state index in [9.17, 15) is 0 Å². The summed E-state index contributed by atoms with van der Waals surface area (Å²) in [6.45, 7) is 5.13. The minimum absolute atomic E-state index is 0.899. The van der Waals surface area contributed by atoms with Gasteiger partial charge in [0.05, 0.1) is 23.8 Å². The molecule has 0 saturated heterocycles. The molecule has 0 aliphatic rings. The molecule has 0 saturated carbocycles. The quantitative estimate of drug-likeness (QED) is 0.835. The van der Waals surface area contributed by atoms with Gasteiger partial charge in [0, 0.05) is 12.2 Å². The molecule has 0 amide bonds. The highest BCUT2D eigenvalue weighted by molar-refractivity contribution is 5.63. The Kier molecular flexibility index (Phi) is 4.18. The average molecular weight is 241 g/mol. The lowest BCUT2D eigenvalue weighted by molar-refractivity contribution is 1.14. The second-order valence-electron chi connectivity index (χ2n) is 4.17. The van der Waals surface area contributed by atoms with Crippen LogP contribution in [0.5, 0.6) is 0 Å². The van der Waals surface area contributed by atoms with Gasteiger partial charge in [-0.2, -0.15) is 0 Å². The molecule has 1 heterocycles. The van der Waals surface area contributed by atoms with Crippen LogP contribution in [0.4, 0.5) is 17.1 Å². The van der Waals surface area contributed by atoms with E-state index in [4.69, 9.17) is 0 Å². The highest BCUT2D eigenvalue weighted by Gasteiger charge is 1.98. The predicted molar refractivity (Wildman–Crippen MR) is 77.5 cm³/mol. The molecule has 2 rings (SSSR count). The summed E-state index contributed by atoms with van der Waals surface area (Å²) in [6, 6.07) is 10.5. The van der Waals surface area contributed by atoms with E-state index in [1.807, 2.05) is 12.4 Å². The Morgan fingerprint density at radius 3 is 2.61 bits per heavy atom. The maximum absolute atomic E-state index is 4.22. The lowest BCUT2D eigenvalue weighted by Gasteiger charge is -2.09. The number of nitrogens with one attached hydrogen (secondary N) is 2. The van der Waals surface area contributed by atoms with E-state index in [0.29, 0.717) is 0 Å². The lowest BCUT2D eigenvalue weighted by Crippen LogP contribution is -1.98. The summed E-state index contributed by atoms with van der Waals surface area (Å²) in [5, 5.41) is 6.63. The number of hydrogen-bond donors (Lipinski definition) is 2. The maximum atomic E-state index is 4.22. The lowest BCUT2D eigenvalue weighted by atomic mass is 10.1. The standard InChI is InChI=1S/C15H19N3/c1-3-12-6-5-7-13(8-12)18-15-9-14(17-4-2)10-16-11-15/h5-11,17-18H,3-4H2,1-2H3. The summed E-state index contributed by atoms with van der Waals surface area (Å²) in [5.41, 5.74) is 4.47. The first-order valence-corrected chi connectivity index (χ1v) is 6.36. The van der Waals surface area contributed by atoms with E-state index in [0.717, 1.165) is 30.0 Å². The third kappa shape index (κ3) is 3.23. The summed E-state index contributed by atoms with van der Waals surface area (Å²) in [5.74, 6) is 0. The number of rotatable bonds is 5. The molecule has 3 heteroatoms. The highest BCUT2D eigenvalue weighted by Crippen LogP contribution is 2.19. The van der Waals surface area contributed by atoms with Crippen LogP contribution in [0, 0.1) is 0 Å². The van der Waals surface area contributed by atoms with Crippen molar-refractivity contribution in [1.29, 1.82) is 0 Å². The fourth-order valence-corrected chi connectivity index (χ4v) is 1.84. The second kappa shape index (κ2) is 6.05. The minimum Gasteiger partial charge on any atom is -0.384 e. The normalized spacial score (nSPS) is 10.1. The third-order valence-electron chi connectivity index (χ3n) is 2.74. The van der Waals surface area contributed by atoms with Crippen molar-refractivity contribution in [3.63, 3.8) is 0 Å². The zero-order chi connectivity index (χ0) is 12.8. The van der Waals surface area contributed by atoms with E-state index < -0.39 is 0 Å². The van der Waals surface area contributed by atoms with Crippen LogP contribution in [-0.4, -0.2) is 11.5 Å². The van der Waals surface area contributed by atoms with Gasteiger partial charge in [0.15, 0.2) is 0 Å². The smallest absolute Gasteiger partial charge is 0.0591 e. The van der Waals surface area contributed by atoms with Gasteiger partial charge in [0.1, 0.15) is 0 Å². The van der Waals surface area contributed by atoms with Gasteiger partial charge < -0.3 is 10.6 Å². The Morgan fingerprint density at radius 2 is 1.83 bits per heavy atom. The second-order valence-corrected chi connectivity index (χ2v) is 4.17. The number of nitrogens with zero attached hydrogens (tertiary/aromatic N) is 1. The zero-order valence-electron chi connectivity index (χ0n) is 10.9. The van der Waals surface area contributed by atoms with Gasteiger partial charge in [-0.05, 0) is 37.1 Å². The molecule has 1 aromatic carbocycles. The first-order chi connectivity index (χ1) is 8.81. The van der Waals surface area contributed by atoms with E-state index in [1.165, 1.54) is 5.56 Å². The molecule has 3 nitrogen and oxygen atoms in total. The molecule has 1 aromatic heterocycles. The minimum atomic E-state index is 0.899. The van der Waals surface area contributed by atoms with Gasteiger partial charge in [0.25, 0.3) is 0 Å². The summed E-state index contributed by atoms with van der Waals surface area (Å²) in [7, 11) is 0. The van der Waals surface area contributed by atoms with Crippen LogP contribution in [0.1, 0.15) is 19.4 Å². The van der Waals surface area contributed by atoms with E-state index in [-0.39, 0.29) is 0 Å². The van der Waals surface area contributed by atoms with Crippen LogP contribution in [0.25, 0.3) is 0 Å². The molecule has 0 bridgehead atoms. The number of hydrogen-bond acceptors (Lipinski definition) is 3. The molecule has 0 spiro atoms. The molecule has 0 fully saturated rings. The van der Waals surface area contributed by atoms with E-state index in [2.05, 4.69) is 59.8 Å². The van der Waals surface area contributed by atoms with Gasteiger partial charge in [-0.1, -0.05) is 19.1 Å². The highest BCUT2D eigenvalue weighted by atomic mass is 14.9. The maximum Gasteiger partial charge on any atom is 0.0591 e. The van der Waals surface area contributed by atoms with Crippen molar-refractivity contribution >= 4 is 17.1 Å². The molecule has 2 aromatic rings. The topological polar surface area (TPSA) is 37.0 Å². The molecule has 0 radical (unpaired) electrons. The van der Waals surface area contributed by atoms with Gasteiger partial charge in [-0.25, -0.2) is 0 Å². The van der Waals surface area contributed by atoms with Crippen LogP contribution in [0.2, 0.25) is 0 Å². The van der Waals surface area contributed by atoms with Crippen molar-refractivity contribution in [1.82, 2.24) is 4.98 Å². The SMILES string of the molecule is CCNc1cncc(Nc2cccc(CC)c2)c1. The number of benzene rings is 1. The summed E-state index contributed by atoms with van der Waals surface area (Å²) in [4.78, 5) is 4.22. The van der Waals surface area contributed by atoms with Gasteiger partial charge in [-0.3, -0.25) is 4.98 Å². The fourth-order valence-electron chi connectivity index (χ4n) is 1.84. The van der Waals surface area contributed by atoms with Crippen molar-refractivity contribution in [2.24, 2.45) is 0 Å². The summed E-state index contributed by atoms with van der Waals surface area (Å²) < 4.78 is 0. The van der Waals surface area contributed by atoms with Crippen LogP contribution < -0.4 is 10.6 Å². The van der Waals surface area contributed by atoms with Crippen molar-refractivity contribution in [2.45, 2.75) is 20.3 Å². The predicted octanol–water partition coefficient (Wildman–Crippen LogP) is 3.82. The van der Waals surface area contributed by atoms with E-state index in [1.54, 1.807) is 0 Å². The monoisotopic (exact) mass is 241 g/mol. The Labute approximate surface area is 108 Å². The number of aryl methyl sites for hydroxylation is 1. The van der Waals surface area contributed by atoms with Crippen molar-refractivity contribution in [3.05, 3.63) is 48.3 Å². The van der Waals surface area contributed by atoms with Crippen molar-refractivity contribution in [2.75, 3.05) is 17.2 Å². The molecule has 0 unspecified atom stereocenters. The Morgan fingerprint density at radius 1 is 1.00 bits per heavy atom.